The van der Waals surface area contributed by atoms with Crippen molar-refractivity contribution in [1.82, 2.24) is 0 Å². The van der Waals surface area contributed by atoms with Crippen molar-refractivity contribution in [2.75, 3.05) is 0 Å². The third-order valence-electron chi connectivity index (χ3n) is 2.54. The van der Waals surface area contributed by atoms with Gasteiger partial charge in [-0.2, -0.15) is 0 Å². The molecule has 0 heterocycles. The fourth-order valence-electron chi connectivity index (χ4n) is 1.75. The molecule has 88 valence electrons. The van der Waals surface area contributed by atoms with Gasteiger partial charge in [0.25, 0.3) is 0 Å². The summed E-state index contributed by atoms with van der Waals surface area (Å²) < 4.78 is 13.6. The summed E-state index contributed by atoms with van der Waals surface area (Å²) >= 11 is 0. The summed E-state index contributed by atoms with van der Waals surface area (Å²) in [5.41, 5.74) is 7.32. The minimum atomic E-state index is -0.424. The highest BCUT2D eigenvalue weighted by Crippen LogP contribution is 2.18. The number of aryl methyl sites for hydroxylation is 2. The Bertz CT molecular complexity index is 376. The van der Waals surface area contributed by atoms with Crippen molar-refractivity contribution < 1.29 is 9.18 Å². The molecule has 0 aliphatic carbocycles. The maximum atomic E-state index is 13.6. The molecule has 0 saturated carbocycles. The Hall–Kier alpha value is -1.22. The summed E-state index contributed by atoms with van der Waals surface area (Å²) in [6.45, 7) is 5.41. The van der Waals surface area contributed by atoms with Crippen molar-refractivity contribution >= 4 is 5.78 Å². The topological polar surface area (TPSA) is 43.1 Å². The van der Waals surface area contributed by atoms with E-state index in [1.54, 1.807) is 6.92 Å². The first-order valence-electron chi connectivity index (χ1n) is 5.47. The predicted octanol–water partition coefficient (Wildman–Crippen LogP) is 2.75. The van der Waals surface area contributed by atoms with Crippen LogP contribution in [0.4, 0.5) is 4.39 Å². The first-order valence-corrected chi connectivity index (χ1v) is 5.47. The second kappa shape index (κ2) is 5.21. The molecule has 0 bridgehead atoms. The van der Waals surface area contributed by atoms with Gasteiger partial charge in [0.2, 0.25) is 0 Å². The maximum Gasteiger partial charge on any atom is 0.166 e. The number of nitrogens with two attached hydrogens (primary N) is 1. The number of carbonyl (C=O) groups is 1. The van der Waals surface area contributed by atoms with Crippen molar-refractivity contribution in [3.63, 3.8) is 0 Å². The van der Waals surface area contributed by atoms with Gasteiger partial charge in [-0.25, -0.2) is 4.39 Å². The molecule has 0 aliphatic heterocycles. The maximum absolute atomic E-state index is 13.6. The van der Waals surface area contributed by atoms with Gasteiger partial charge in [0.15, 0.2) is 5.78 Å². The average Bonchev–Trinajstić information content (AvgIpc) is 2.12. The molecular formula is C13H18FNO. The molecule has 0 aliphatic rings. The van der Waals surface area contributed by atoms with E-state index in [9.17, 15) is 9.18 Å². The van der Waals surface area contributed by atoms with Crippen molar-refractivity contribution in [2.45, 2.75) is 39.7 Å². The molecule has 0 amide bonds. The number of rotatable bonds is 4. The third-order valence-corrected chi connectivity index (χ3v) is 2.54. The van der Waals surface area contributed by atoms with E-state index in [4.69, 9.17) is 5.73 Å². The van der Waals surface area contributed by atoms with E-state index in [2.05, 4.69) is 0 Å². The van der Waals surface area contributed by atoms with Crippen LogP contribution in [0.1, 0.15) is 41.3 Å². The number of hydrogen-bond acceptors (Lipinski definition) is 2. The van der Waals surface area contributed by atoms with Crippen molar-refractivity contribution in [2.24, 2.45) is 5.73 Å². The molecule has 0 saturated heterocycles. The Morgan fingerprint density at radius 3 is 2.56 bits per heavy atom. The van der Waals surface area contributed by atoms with Crippen LogP contribution >= 0.6 is 0 Å². The van der Waals surface area contributed by atoms with Crippen LogP contribution in [0.25, 0.3) is 0 Å². The van der Waals surface area contributed by atoms with Crippen LogP contribution in [0.3, 0.4) is 0 Å². The molecule has 1 aromatic rings. The fraction of sp³-hybridized carbons (Fsp3) is 0.462. The molecule has 0 radical (unpaired) electrons. The van der Waals surface area contributed by atoms with E-state index in [1.807, 2.05) is 19.9 Å². The molecule has 1 atom stereocenters. The standard InChI is InChI=1S/C13H18FNO/c1-8-6-9(2)13(11(14)7-8)12(16)5-4-10(3)15/h6-7,10H,4-5,15H2,1-3H3. The van der Waals surface area contributed by atoms with E-state index >= 15 is 0 Å². The monoisotopic (exact) mass is 223 g/mol. The van der Waals surface area contributed by atoms with E-state index in [-0.39, 0.29) is 17.4 Å². The van der Waals surface area contributed by atoms with Crippen LogP contribution in [-0.2, 0) is 0 Å². The second-order valence-electron chi connectivity index (χ2n) is 4.38. The largest absolute Gasteiger partial charge is 0.328 e. The lowest BCUT2D eigenvalue weighted by Gasteiger charge is -2.09. The van der Waals surface area contributed by atoms with E-state index in [1.165, 1.54) is 6.07 Å². The van der Waals surface area contributed by atoms with Crippen LogP contribution in [0.15, 0.2) is 12.1 Å². The predicted molar refractivity (Wildman–Crippen MR) is 63.1 cm³/mol. The lowest BCUT2D eigenvalue weighted by atomic mass is 9.98. The zero-order chi connectivity index (χ0) is 12.3. The van der Waals surface area contributed by atoms with Crippen LogP contribution < -0.4 is 5.73 Å². The Balaban J connectivity index is 2.91. The van der Waals surface area contributed by atoms with Crippen molar-refractivity contribution in [3.8, 4) is 0 Å². The number of benzene rings is 1. The summed E-state index contributed by atoms with van der Waals surface area (Å²) in [6, 6.07) is 3.19. The van der Waals surface area contributed by atoms with Crippen LogP contribution in [0.5, 0.6) is 0 Å². The van der Waals surface area contributed by atoms with Gasteiger partial charge in [0.1, 0.15) is 5.82 Å². The summed E-state index contributed by atoms with van der Waals surface area (Å²) in [4.78, 5) is 11.8. The molecule has 1 unspecified atom stereocenters. The van der Waals surface area contributed by atoms with E-state index in [0.717, 1.165) is 5.56 Å². The summed E-state index contributed by atoms with van der Waals surface area (Å²) in [5.74, 6) is -0.584. The molecule has 16 heavy (non-hydrogen) atoms. The van der Waals surface area contributed by atoms with Gasteiger partial charge in [0.05, 0.1) is 5.56 Å². The second-order valence-corrected chi connectivity index (χ2v) is 4.38. The van der Waals surface area contributed by atoms with Gasteiger partial charge < -0.3 is 5.73 Å². The van der Waals surface area contributed by atoms with Crippen molar-refractivity contribution in [1.29, 1.82) is 0 Å². The number of ketones is 1. The molecule has 0 fully saturated rings. The highest BCUT2D eigenvalue weighted by atomic mass is 19.1. The van der Waals surface area contributed by atoms with E-state index < -0.39 is 5.82 Å². The van der Waals surface area contributed by atoms with Gasteiger partial charge >= 0.3 is 0 Å². The molecule has 2 N–H and O–H groups in total. The number of carbonyl (C=O) groups excluding carboxylic acids is 1. The Labute approximate surface area is 95.7 Å². The van der Waals surface area contributed by atoms with Gasteiger partial charge in [0, 0.05) is 12.5 Å². The normalized spacial score (nSPS) is 12.6. The van der Waals surface area contributed by atoms with Crippen LogP contribution in [0.2, 0.25) is 0 Å². The Morgan fingerprint density at radius 2 is 2.06 bits per heavy atom. The van der Waals surface area contributed by atoms with Gasteiger partial charge in [-0.3, -0.25) is 4.79 Å². The number of halogens is 1. The smallest absolute Gasteiger partial charge is 0.166 e. The van der Waals surface area contributed by atoms with Gasteiger partial charge in [-0.1, -0.05) is 6.07 Å². The van der Waals surface area contributed by atoms with Crippen LogP contribution in [-0.4, -0.2) is 11.8 Å². The SMILES string of the molecule is Cc1cc(C)c(C(=O)CCC(C)N)c(F)c1. The molecule has 1 aromatic carbocycles. The zero-order valence-electron chi connectivity index (χ0n) is 10.0. The van der Waals surface area contributed by atoms with Gasteiger partial charge in [-0.15, -0.1) is 0 Å². The molecule has 3 heteroatoms. The number of hydrogen-bond donors (Lipinski definition) is 1. The summed E-state index contributed by atoms with van der Waals surface area (Å²) in [7, 11) is 0. The lowest BCUT2D eigenvalue weighted by Crippen LogP contribution is -2.17. The van der Waals surface area contributed by atoms with Crippen molar-refractivity contribution in [3.05, 3.63) is 34.6 Å². The first-order chi connectivity index (χ1) is 7.41. The minimum Gasteiger partial charge on any atom is -0.328 e. The number of Topliss-reactive ketones (excluding diaryl/α,β-unsaturated/α-hetero) is 1. The average molecular weight is 223 g/mol. The van der Waals surface area contributed by atoms with Gasteiger partial charge in [-0.05, 0) is 44.4 Å². The molecule has 0 spiro atoms. The highest BCUT2D eigenvalue weighted by molar-refractivity contribution is 5.97. The quantitative estimate of drug-likeness (QED) is 0.797. The zero-order valence-corrected chi connectivity index (χ0v) is 10.0. The summed E-state index contributed by atoms with van der Waals surface area (Å²) in [6.07, 6.45) is 0.893. The first kappa shape index (κ1) is 12.8. The Kier molecular flexibility index (Phi) is 4.19. The lowest BCUT2D eigenvalue weighted by molar-refractivity contribution is 0.0973. The molecule has 1 rings (SSSR count). The molecule has 2 nitrogen and oxygen atoms in total. The molecule has 0 aromatic heterocycles. The Morgan fingerprint density at radius 1 is 1.44 bits per heavy atom. The molecular weight excluding hydrogens is 205 g/mol. The van der Waals surface area contributed by atoms with Crippen LogP contribution in [0, 0.1) is 19.7 Å². The minimum absolute atomic E-state index is 0.0298. The summed E-state index contributed by atoms with van der Waals surface area (Å²) in [5, 5.41) is 0. The third kappa shape index (κ3) is 3.14. The fourth-order valence-corrected chi connectivity index (χ4v) is 1.75. The van der Waals surface area contributed by atoms with E-state index in [0.29, 0.717) is 18.4 Å². The highest BCUT2D eigenvalue weighted by Gasteiger charge is 2.15.